The van der Waals surface area contributed by atoms with Gasteiger partial charge < -0.3 is 5.32 Å². The predicted molar refractivity (Wildman–Crippen MR) is 85.5 cm³/mol. The van der Waals surface area contributed by atoms with Gasteiger partial charge in [0.15, 0.2) is 0 Å². The molecule has 0 saturated carbocycles. The summed E-state index contributed by atoms with van der Waals surface area (Å²) in [5.41, 5.74) is 5.78. The van der Waals surface area contributed by atoms with Crippen LogP contribution < -0.4 is 5.32 Å². The van der Waals surface area contributed by atoms with Crippen LogP contribution in [0.1, 0.15) is 51.5 Å². The fourth-order valence-corrected chi connectivity index (χ4v) is 3.03. The third-order valence-electron chi connectivity index (χ3n) is 4.44. The lowest BCUT2D eigenvalue weighted by molar-refractivity contribution is 0.0932. The van der Waals surface area contributed by atoms with E-state index >= 15 is 0 Å². The Bertz CT molecular complexity index is 675. The standard InChI is InChI=1S/C19H21NO/c1-13-10-11-16(12-14(13)2)19(21)20-18-9-5-7-15-6-3-4-8-17(15)18/h3-4,6,8,10-12,18H,5,7,9H2,1-2H3,(H,20,21)/t18-/m0/s1. The van der Waals surface area contributed by atoms with Crippen molar-refractivity contribution in [2.45, 2.75) is 39.2 Å². The van der Waals surface area contributed by atoms with Crippen molar-refractivity contribution in [2.75, 3.05) is 0 Å². The van der Waals surface area contributed by atoms with E-state index in [0.29, 0.717) is 0 Å². The molecule has 1 aliphatic rings. The summed E-state index contributed by atoms with van der Waals surface area (Å²) in [6.45, 7) is 4.11. The molecule has 1 amide bonds. The van der Waals surface area contributed by atoms with Crippen molar-refractivity contribution in [3.63, 3.8) is 0 Å². The predicted octanol–water partition coefficient (Wildman–Crippen LogP) is 4.11. The van der Waals surface area contributed by atoms with Crippen molar-refractivity contribution in [3.8, 4) is 0 Å². The maximum Gasteiger partial charge on any atom is 0.251 e. The van der Waals surface area contributed by atoms with Crippen molar-refractivity contribution < 1.29 is 4.79 Å². The maximum absolute atomic E-state index is 12.5. The molecule has 108 valence electrons. The van der Waals surface area contributed by atoms with Crippen LogP contribution in [0.5, 0.6) is 0 Å². The smallest absolute Gasteiger partial charge is 0.251 e. The van der Waals surface area contributed by atoms with E-state index in [4.69, 9.17) is 0 Å². The molecule has 0 aromatic heterocycles. The normalized spacial score (nSPS) is 17.1. The Kier molecular flexibility index (Phi) is 3.78. The van der Waals surface area contributed by atoms with Crippen LogP contribution in [0.2, 0.25) is 0 Å². The average molecular weight is 279 g/mol. The maximum atomic E-state index is 12.5. The van der Waals surface area contributed by atoms with Crippen LogP contribution in [0.25, 0.3) is 0 Å². The molecule has 0 fully saturated rings. The molecule has 21 heavy (non-hydrogen) atoms. The topological polar surface area (TPSA) is 29.1 Å². The fraction of sp³-hybridized carbons (Fsp3) is 0.316. The lowest BCUT2D eigenvalue weighted by Crippen LogP contribution is -2.31. The van der Waals surface area contributed by atoms with Gasteiger partial charge in [-0.25, -0.2) is 0 Å². The van der Waals surface area contributed by atoms with Gasteiger partial charge in [-0.3, -0.25) is 4.79 Å². The Hall–Kier alpha value is -2.09. The molecule has 0 aliphatic heterocycles. The van der Waals surface area contributed by atoms with Crippen LogP contribution >= 0.6 is 0 Å². The number of rotatable bonds is 2. The molecule has 1 atom stereocenters. The van der Waals surface area contributed by atoms with E-state index in [9.17, 15) is 4.79 Å². The molecule has 0 spiro atoms. The average Bonchev–Trinajstić information content (AvgIpc) is 2.50. The van der Waals surface area contributed by atoms with Crippen LogP contribution in [-0.2, 0) is 6.42 Å². The zero-order valence-electron chi connectivity index (χ0n) is 12.6. The zero-order valence-corrected chi connectivity index (χ0v) is 12.6. The molecule has 2 heteroatoms. The highest BCUT2D eigenvalue weighted by Gasteiger charge is 2.21. The van der Waals surface area contributed by atoms with Gasteiger partial charge in [0.2, 0.25) is 0 Å². The Morgan fingerprint density at radius 1 is 1.10 bits per heavy atom. The second-order valence-electron chi connectivity index (χ2n) is 5.92. The van der Waals surface area contributed by atoms with Gasteiger partial charge in [0.05, 0.1) is 6.04 Å². The summed E-state index contributed by atoms with van der Waals surface area (Å²) >= 11 is 0. The summed E-state index contributed by atoms with van der Waals surface area (Å²) in [5.74, 6) is 0.0276. The molecule has 0 bridgehead atoms. The van der Waals surface area contributed by atoms with Crippen LogP contribution in [0.15, 0.2) is 42.5 Å². The highest BCUT2D eigenvalue weighted by molar-refractivity contribution is 5.94. The van der Waals surface area contributed by atoms with Gasteiger partial charge >= 0.3 is 0 Å². The largest absolute Gasteiger partial charge is 0.345 e. The number of fused-ring (bicyclic) bond motifs is 1. The molecular formula is C19H21NO. The monoisotopic (exact) mass is 279 g/mol. The first-order chi connectivity index (χ1) is 10.1. The molecule has 0 saturated heterocycles. The second-order valence-corrected chi connectivity index (χ2v) is 5.92. The molecular weight excluding hydrogens is 258 g/mol. The Morgan fingerprint density at radius 3 is 2.71 bits per heavy atom. The van der Waals surface area contributed by atoms with Gasteiger partial charge in [0.25, 0.3) is 5.91 Å². The minimum absolute atomic E-state index is 0.0276. The highest BCUT2D eigenvalue weighted by atomic mass is 16.1. The SMILES string of the molecule is Cc1ccc(C(=O)N[C@H]2CCCc3ccccc32)cc1C. The lowest BCUT2D eigenvalue weighted by Gasteiger charge is -2.26. The summed E-state index contributed by atoms with van der Waals surface area (Å²) in [4.78, 5) is 12.5. The molecule has 2 aromatic carbocycles. The van der Waals surface area contributed by atoms with Crippen molar-refractivity contribution >= 4 is 5.91 Å². The molecule has 1 aliphatic carbocycles. The number of aryl methyl sites for hydroxylation is 3. The first kappa shape index (κ1) is 13.9. The van der Waals surface area contributed by atoms with Crippen LogP contribution in [0, 0.1) is 13.8 Å². The summed E-state index contributed by atoms with van der Waals surface area (Å²) in [7, 11) is 0. The first-order valence-corrected chi connectivity index (χ1v) is 7.61. The fourth-order valence-electron chi connectivity index (χ4n) is 3.03. The van der Waals surface area contributed by atoms with Crippen molar-refractivity contribution in [1.29, 1.82) is 0 Å². The summed E-state index contributed by atoms with van der Waals surface area (Å²) in [6.07, 6.45) is 3.27. The zero-order chi connectivity index (χ0) is 14.8. The molecule has 2 aromatic rings. The number of nitrogens with one attached hydrogen (secondary N) is 1. The van der Waals surface area contributed by atoms with Gasteiger partial charge in [-0.15, -0.1) is 0 Å². The van der Waals surface area contributed by atoms with Crippen LogP contribution in [-0.4, -0.2) is 5.91 Å². The van der Waals surface area contributed by atoms with Crippen LogP contribution in [0.3, 0.4) is 0 Å². The Labute approximate surface area is 126 Å². The van der Waals surface area contributed by atoms with E-state index < -0.39 is 0 Å². The number of carbonyl (C=O) groups excluding carboxylic acids is 1. The Morgan fingerprint density at radius 2 is 1.90 bits per heavy atom. The van der Waals surface area contributed by atoms with E-state index in [1.807, 2.05) is 25.1 Å². The molecule has 0 heterocycles. The number of hydrogen-bond acceptors (Lipinski definition) is 1. The third kappa shape index (κ3) is 2.85. The van der Waals surface area contributed by atoms with Gasteiger partial charge in [-0.2, -0.15) is 0 Å². The summed E-state index contributed by atoms with van der Waals surface area (Å²) < 4.78 is 0. The second kappa shape index (κ2) is 5.72. The first-order valence-electron chi connectivity index (χ1n) is 7.61. The number of amides is 1. The molecule has 0 unspecified atom stereocenters. The summed E-state index contributed by atoms with van der Waals surface area (Å²) in [6, 6.07) is 14.5. The van der Waals surface area contributed by atoms with Crippen molar-refractivity contribution in [1.82, 2.24) is 5.32 Å². The Balaban J connectivity index is 1.81. The lowest BCUT2D eigenvalue weighted by atomic mass is 9.87. The quantitative estimate of drug-likeness (QED) is 0.880. The van der Waals surface area contributed by atoms with Gasteiger partial charge in [-0.05, 0) is 67.5 Å². The molecule has 2 nitrogen and oxygen atoms in total. The molecule has 1 N–H and O–H groups in total. The molecule has 0 radical (unpaired) electrons. The van der Waals surface area contributed by atoms with Gasteiger partial charge in [0, 0.05) is 5.56 Å². The summed E-state index contributed by atoms with van der Waals surface area (Å²) in [5, 5.41) is 3.20. The number of hydrogen-bond donors (Lipinski definition) is 1. The van der Waals surface area contributed by atoms with E-state index in [2.05, 4.69) is 36.5 Å². The van der Waals surface area contributed by atoms with E-state index in [1.165, 1.54) is 16.7 Å². The van der Waals surface area contributed by atoms with Crippen molar-refractivity contribution in [2.24, 2.45) is 0 Å². The van der Waals surface area contributed by atoms with Crippen LogP contribution in [0.4, 0.5) is 0 Å². The van der Waals surface area contributed by atoms with E-state index in [-0.39, 0.29) is 11.9 Å². The third-order valence-corrected chi connectivity index (χ3v) is 4.44. The van der Waals surface area contributed by atoms with E-state index in [0.717, 1.165) is 30.4 Å². The highest BCUT2D eigenvalue weighted by Crippen LogP contribution is 2.29. The van der Waals surface area contributed by atoms with Gasteiger partial charge in [-0.1, -0.05) is 30.3 Å². The molecule has 3 rings (SSSR count). The number of carbonyl (C=O) groups is 1. The minimum Gasteiger partial charge on any atom is -0.345 e. The van der Waals surface area contributed by atoms with Gasteiger partial charge in [0.1, 0.15) is 0 Å². The number of benzene rings is 2. The minimum atomic E-state index is 0.0276. The van der Waals surface area contributed by atoms with Crippen molar-refractivity contribution in [3.05, 3.63) is 70.3 Å². The van der Waals surface area contributed by atoms with E-state index in [1.54, 1.807) is 0 Å².